The molecule has 0 unspecified atom stereocenters. The van der Waals surface area contributed by atoms with Gasteiger partial charge in [-0.05, 0) is 62.4 Å². The van der Waals surface area contributed by atoms with E-state index in [1.54, 1.807) is 13.0 Å². The molecule has 3 rings (SSSR count). The highest BCUT2D eigenvalue weighted by Crippen LogP contribution is 2.39. The van der Waals surface area contributed by atoms with Crippen LogP contribution in [0.3, 0.4) is 0 Å². The normalized spacial score (nSPS) is 12.8. The second kappa shape index (κ2) is 8.86. The van der Waals surface area contributed by atoms with Gasteiger partial charge in [0.2, 0.25) is 5.91 Å². The van der Waals surface area contributed by atoms with Gasteiger partial charge in [0.25, 0.3) is 0 Å². The second-order valence-electron chi connectivity index (χ2n) is 6.11. The summed E-state index contributed by atoms with van der Waals surface area (Å²) in [6.07, 6.45) is 6.05. The zero-order valence-corrected chi connectivity index (χ0v) is 16.4. The van der Waals surface area contributed by atoms with Crippen LogP contribution in [0.25, 0.3) is 6.08 Å². The Labute approximate surface area is 163 Å². The van der Waals surface area contributed by atoms with Gasteiger partial charge in [0.1, 0.15) is 10.8 Å². The molecule has 1 aromatic heterocycles. The van der Waals surface area contributed by atoms with Crippen LogP contribution >= 0.6 is 11.3 Å². The topological polar surface area (TPSA) is 64.6 Å². The fourth-order valence-corrected chi connectivity index (χ4v) is 4.36. The van der Waals surface area contributed by atoms with Crippen molar-refractivity contribution < 1.29 is 19.1 Å². The van der Waals surface area contributed by atoms with Crippen molar-refractivity contribution in [3.8, 4) is 5.75 Å². The molecule has 1 N–H and O–H groups in total. The summed E-state index contributed by atoms with van der Waals surface area (Å²) < 4.78 is 10.6. The summed E-state index contributed by atoms with van der Waals surface area (Å²) in [5, 5.41) is 3.43. The number of aryl methyl sites for hydroxylation is 1. The summed E-state index contributed by atoms with van der Waals surface area (Å²) in [4.78, 5) is 25.9. The Hall–Kier alpha value is -2.60. The third-order valence-corrected chi connectivity index (χ3v) is 5.46. The summed E-state index contributed by atoms with van der Waals surface area (Å²) in [5.74, 6) is 0.170. The van der Waals surface area contributed by atoms with Crippen LogP contribution in [0.5, 0.6) is 5.75 Å². The molecule has 0 radical (unpaired) electrons. The number of rotatable bonds is 7. The monoisotopic (exact) mass is 385 g/mol. The zero-order chi connectivity index (χ0) is 19.2. The molecule has 1 heterocycles. The number of thiophene rings is 1. The van der Waals surface area contributed by atoms with Crippen LogP contribution in [0.15, 0.2) is 30.3 Å². The average molecular weight is 385 g/mol. The summed E-state index contributed by atoms with van der Waals surface area (Å²) in [6, 6.07) is 7.50. The summed E-state index contributed by atoms with van der Waals surface area (Å²) in [6.45, 7) is 4.64. The van der Waals surface area contributed by atoms with Gasteiger partial charge in [-0.2, -0.15) is 0 Å². The Kier molecular flexibility index (Phi) is 6.29. The molecule has 0 atom stereocenters. The quantitative estimate of drug-likeness (QED) is 0.564. The van der Waals surface area contributed by atoms with Crippen molar-refractivity contribution in [3.05, 3.63) is 51.9 Å². The third kappa shape index (κ3) is 4.57. The number of esters is 1. The van der Waals surface area contributed by atoms with Crippen molar-refractivity contribution in [1.29, 1.82) is 0 Å². The number of amides is 1. The maximum absolute atomic E-state index is 12.3. The predicted molar refractivity (Wildman–Crippen MR) is 108 cm³/mol. The van der Waals surface area contributed by atoms with Gasteiger partial charge < -0.3 is 14.8 Å². The van der Waals surface area contributed by atoms with Crippen molar-refractivity contribution in [3.63, 3.8) is 0 Å². The minimum atomic E-state index is -0.359. The van der Waals surface area contributed by atoms with E-state index in [0.717, 1.165) is 36.1 Å². The molecule has 5 nitrogen and oxygen atoms in total. The predicted octanol–water partition coefficient (Wildman–Crippen LogP) is 4.46. The minimum absolute atomic E-state index is 0.269. The highest BCUT2D eigenvalue weighted by molar-refractivity contribution is 7.17. The van der Waals surface area contributed by atoms with Gasteiger partial charge in [0, 0.05) is 11.0 Å². The molecule has 6 heteroatoms. The van der Waals surface area contributed by atoms with Crippen LogP contribution in [-0.2, 0) is 22.4 Å². The van der Waals surface area contributed by atoms with Crippen molar-refractivity contribution in [2.24, 2.45) is 0 Å². The SMILES string of the molecule is CCOC(=O)c1c(NC(=O)/C=C/c2ccc(OCC)cc2)sc2c1CCC2. The number of hydrogen-bond donors (Lipinski definition) is 1. The molecular formula is C21H23NO4S. The first-order chi connectivity index (χ1) is 13.1. The van der Waals surface area contributed by atoms with E-state index >= 15 is 0 Å². The number of anilines is 1. The number of ether oxygens (including phenoxy) is 2. The van der Waals surface area contributed by atoms with Crippen LogP contribution in [0.2, 0.25) is 0 Å². The molecule has 1 amide bonds. The molecule has 0 aliphatic heterocycles. The van der Waals surface area contributed by atoms with Crippen molar-refractivity contribution in [1.82, 2.24) is 0 Å². The first kappa shape index (κ1) is 19.2. The molecule has 2 aromatic rings. The summed E-state index contributed by atoms with van der Waals surface area (Å²) >= 11 is 1.48. The molecule has 142 valence electrons. The minimum Gasteiger partial charge on any atom is -0.494 e. The lowest BCUT2D eigenvalue weighted by Gasteiger charge is -2.06. The summed E-state index contributed by atoms with van der Waals surface area (Å²) in [5.41, 5.74) is 2.45. The van der Waals surface area contributed by atoms with E-state index in [1.165, 1.54) is 22.3 Å². The number of hydrogen-bond acceptors (Lipinski definition) is 5. The van der Waals surface area contributed by atoms with Crippen LogP contribution in [0, 0.1) is 0 Å². The van der Waals surface area contributed by atoms with Gasteiger partial charge in [-0.3, -0.25) is 4.79 Å². The van der Waals surface area contributed by atoms with E-state index in [2.05, 4.69) is 5.32 Å². The van der Waals surface area contributed by atoms with Crippen LogP contribution in [-0.4, -0.2) is 25.1 Å². The lowest BCUT2D eigenvalue weighted by Crippen LogP contribution is -2.13. The van der Waals surface area contributed by atoms with E-state index in [-0.39, 0.29) is 11.9 Å². The third-order valence-electron chi connectivity index (χ3n) is 4.26. The van der Waals surface area contributed by atoms with Crippen LogP contribution < -0.4 is 10.1 Å². The lowest BCUT2D eigenvalue weighted by atomic mass is 10.1. The molecular weight excluding hydrogens is 362 g/mol. The molecule has 1 aromatic carbocycles. The standard InChI is InChI=1S/C21H23NO4S/c1-3-25-15-11-8-14(9-12-15)10-13-18(23)22-20-19(21(24)26-4-2)16-6-5-7-17(16)27-20/h8-13H,3-7H2,1-2H3,(H,22,23)/b13-10+. The fourth-order valence-electron chi connectivity index (χ4n) is 3.08. The van der Waals surface area contributed by atoms with Gasteiger partial charge in [-0.1, -0.05) is 12.1 Å². The smallest absolute Gasteiger partial charge is 0.341 e. The molecule has 0 bridgehead atoms. The van der Waals surface area contributed by atoms with Gasteiger partial charge in [0.15, 0.2) is 0 Å². The fraction of sp³-hybridized carbons (Fsp3) is 0.333. The summed E-state index contributed by atoms with van der Waals surface area (Å²) in [7, 11) is 0. The Morgan fingerprint density at radius 2 is 1.93 bits per heavy atom. The Bertz CT molecular complexity index is 852. The maximum Gasteiger partial charge on any atom is 0.341 e. The van der Waals surface area contributed by atoms with Gasteiger partial charge in [-0.15, -0.1) is 11.3 Å². The highest BCUT2D eigenvalue weighted by atomic mass is 32.1. The Morgan fingerprint density at radius 3 is 2.63 bits per heavy atom. The average Bonchev–Trinajstić information content (AvgIpc) is 3.22. The van der Waals surface area contributed by atoms with Gasteiger partial charge >= 0.3 is 5.97 Å². The lowest BCUT2D eigenvalue weighted by molar-refractivity contribution is -0.111. The number of carbonyl (C=O) groups excluding carboxylic acids is 2. The number of benzene rings is 1. The zero-order valence-electron chi connectivity index (χ0n) is 15.5. The Morgan fingerprint density at radius 1 is 1.15 bits per heavy atom. The first-order valence-corrected chi connectivity index (χ1v) is 9.97. The number of nitrogens with one attached hydrogen (secondary N) is 1. The molecule has 1 aliphatic rings. The number of carbonyl (C=O) groups is 2. The van der Waals surface area contributed by atoms with E-state index < -0.39 is 0 Å². The van der Waals surface area contributed by atoms with Crippen LogP contribution in [0.4, 0.5) is 5.00 Å². The van der Waals surface area contributed by atoms with Crippen molar-refractivity contribution >= 4 is 34.3 Å². The van der Waals surface area contributed by atoms with Crippen molar-refractivity contribution in [2.75, 3.05) is 18.5 Å². The number of fused-ring (bicyclic) bond motifs is 1. The van der Waals surface area contributed by atoms with E-state index in [0.29, 0.717) is 23.8 Å². The van der Waals surface area contributed by atoms with E-state index in [4.69, 9.17) is 9.47 Å². The molecule has 0 saturated heterocycles. The van der Waals surface area contributed by atoms with E-state index in [1.807, 2.05) is 31.2 Å². The van der Waals surface area contributed by atoms with Gasteiger partial charge in [-0.25, -0.2) is 4.79 Å². The Balaban J connectivity index is 1.71. The molecule has 0 spiro atoms. The van der Waals surface area contributed by atoms with E-state index in [9.17, 15) is 9.59 Å². The van der Waals surface area contributed by atoms with Gasteiger partial charge in [0.05, 0.1) is 18.8 Å². The molecule has 0 fully saturated rings. The largest absolute Gasteiger partial charge is 0.494 e. The molecule has 1 aliphatic carbocycles. The maximum atomic E-state index is 12.3. The second-order valence-corrected chi connectivity index (χ2v) is 7.21. The van der Waals surface area contributed by atoms with Crippen molar-refractivity contribution in [2.45, 2.75) is 33.1 Å². The van der Waals surface area contributed by atoms with Crippen LogP contribution in [0.1, 0.15) is 46.6 Å². The molecule has 27 heavy (non-hydrogen) atoms. The highest BCUT2D eigenvalue weighted by Gasteiger charge is 2.27. The molecule has 0 saturated carbocycles. The first-order valence-electron chi connectivity index (χ1n) is 9.16.